The van der Waals surface area contributed by atoms with E-state index in [1.54, 1.807) is 11.8 Å². The number of likely N-dealkylation sites (N-methyl/N-ethyl adjacent to an activating group) is 1. The Bertz CT molecular complexity index is 401. The van der Waals surface area contributed by atoms with Gasteiger partial charge in [0.2, 0.25) is 5.88 Å². The minimum Gasteiger partial charge on any atom is -0.481 e. The zero-order valence-corrected chi connectivity index (χ0v) is 11.1. The molecule has 0 saturated carbocycles. The number of ether oxygens (including phenoxy) is 1. The molecule has 2 heterocycles. The summed E-state index contributed by atoms with van der Waals surface area (Å²) in [6.45, 7) is 6.26. The first kappa shape index (κ1) is 12.4. The van der Waals surface area contributed by atoms with Gasteiger partial charge in [0.05, 0.1) is 24.4 Å². The third-order valence-electron chi connectivity index (χ3n) is 3.66. The maximum atomic E-state index is 6.24. The number of rotatable bonds is 3. The maximum absolute atomic E-state index is 6.24. The van der Waals surface area contributed by atoms with Gasteiger partial charge in [0, 0.05) is 19.6 Å². The molecule has 2 atom stereocenters. The van der Waals surface area contributed by atoms with Crippen molar-refractivity contribution < 1.29 is 4.74 Å². The molecule has 1 saturated heterocycles. The molecule has 0 radical (unpaired) electrons. The summed E-state index contributed by atoms with van der Waals surface area (Å²) in [4.78, 5) is 2.40. The van der Waals surface area contributed by atoms with Crippen LogP contribution in [0.15, 0.2) is 0 Å². The Morgan fingerprint density at radius 1 is 1.53 bits per heavy atom. The zero-order valence-electron chi connectivity index (χ0n) is 11.1. The maximum Gasteiger partial charge on any atom is 0.216 e. The summed E-state index contributed by atoms with van der Waals surface area (Å²) in [6, 6.07) is 0.412. The zero-order chi connectivity index (χ0) is 12.6. The topological polar surface area (TPSA) is 56.3 Å². The fraction of sp³-hybridized carbons (Fsp3) is 0.750. The van der Waals surface area contributed by atoms with E-state index >= 15 is 0 Å². The van der Waals surface area contributed by atoms with Gasteiger partial charge in [0.25, 0.3) is 0 Å². The van der Waals surface area contributed by atoms with Gasteiger partial charge in [0.1, 0.15) is 0 Å². The molecule has 96 valence electrons. The lowest BCUT2D eigenvalue weighted by molar-refractivity contribution is 0.252. The van der Waals surface area contributed by atoms with Crippen LogP contribution in [0.3, 0.4) is 0 Å². The molecule has 2 rings (SSSR count). The Labute approximate surface area is 103 Å². The Balaban J connectivity index is 2.44. The van der Waals surface area contributed by atoms with Gasteiger partial charge in [-0.2, -0.15) is 5.10 Å². The van der Waals surface area contributed by atoms with Gasteiger partial charge in [0.15, 0.2) is 0 Å². The van der Waals surface area contributed by atoms with E-state index in [4.69, 9.17) is 10.5 Å². The van der Waals surface area contributed by atoms with Crippen LogP contribution >= 0.6 is 0 Å². The van der Waals surface area contributed by atoms with Crippen molar-refractivity contribution in [3.8, 4) is 5.88 Å². The Morgan fingerprint density at radius 2 is 2.24 bits per heavy atom. The lowest BCUT2D eigenvalue weighted by Crippen LogP contribution is -2.32. The van der Waals surface area contributed by atoms with Gasteiger partial charge < -0.3 is 10.5 Å². The molecule has 1 aromatic heterocycles. The Morgan fingerprint density at radius 3 is 2.82 bits per heavy atom. The summed E-state index contributed by atoms with van der Waals surface area (Å²) in [5.41, 5.74) is 8.42. The highest BCUT2D eigenvalue weighted by molar-refractivity contribution is 5.36. The van der Waals surface area contributed by atoms with Crippen LogP contribution in [0, 0.1) is 6.92 Å². The molecule has 1 fully saturated rings. The first-order valence-corrected chi connectivity index (χ1v) is 6.17. The molecule has 2 unspecified atom stereocenters. The third kappa shape index (κ3) is 1.93. The molecule has 0 aliphatic carbocycles. The summed E-state index contributed by atoms with van der Waals surface area (Å²) in [5, 5.41) is 4.44. The number of aromatic nitrogens is 2. The molecule has 1 aromatic rings. The van der Waals surface area contributed by atoms with Crippen LogP contribution in [-0.2, 0) is 7.05 Å². The number of methoxy groups -OCH3 is 1. The van der Waals surface area contributed by atoms with Crippen LogP contribution in [0.4, 0.5) is 0 Å². The van der Waals surface area contributed by atoms with E-state index in [-0.39, 0.29) is 12.1 Å². The van der Waals surface area contributed by atoms with E-state index in [0.717, 1.165) is 36.6 Å². The van der Waals surface area contributed by atoms with E-state index in [0.29, 0.717) is 0 Å². The normalized spacial score (nSPS) is 25.5. The summed E-state index contributed by atoms with van der Waals surface area (Å²) in [5.74, 6) is 0.836. The van der Waals surface area contributed by atoms with Crippen LogP contribution in [-0.4, -0.2) is 40.9 Å². The molecule has 17 heavy (non-hydrogen) atoms. The van der Waals surface area contributed by atoms with Crippen LogP contribution in [0.2, 0.25) is 0 Å². The van der Waals surface area contributed by atoms with E-state index < -0.39 is 0 Å². The minimum atomic E-state index is 0.173. The molecule has 0 bridgehead atoms. The molecular weight excluding hydrogens is 216 g/mol. The first-order valence-electron chi connectivity index (χ1n) is 6.17. The van der Waals surface area contributed by atoms with Gasteiger partial charge in [-0.1, -0.05) is 6.92 Å². The van der Waals surface area contributed by atoms with Crippen LogP contribution in [0.5, 0.6) is 5.88 Å². The Kier molecular flexibility index (Phi) is 3.40. The second-order valence-corrected chi connectivity index (χ2v) is 4.66. The van der Waals surface area contributed by atoms with Gasteiger partial charge in [-0.05, 0) is 19.9 Å². The molecule has 1 aliphatic rings. The second kappa shape index (κ2) is 4.66. The number of hydrogen-bond donors (Lipinski definition) is 1. The van der Waals surface area contributed by atoms with Crippen molar-refractivity contribution in [2.75, 3.05) is 20.2 Å². The van der Waals surface area contributed by atoms with E-state index in [9.17, 15) is 0 Å². The van der Waals surface area contributed by atoms with Gasteiger partial charge in [-0.25, -0.2) is 4.68 Å². The summed E-state index contributed by atoms with van der Waals surface area (Å²) < 4.78 is 7.26. The highest BCUT2D eigenvalue weighted by atomic mass is 16.5. The number of nitrogens with two attached hydrogens (primary N) is 1. The standard InChI is InChI=1S/C12H22N4O/c1-5-16-7-6-9(13)11(16)10-8(2)14-15(3)12(10)17-4/h9,11H,5-7,13H2,1-4H3. The molecule has 5 nitrogen and oxygen atoms in total. The monoisotopic (exact) mass is 238 g/mol. The van der Waals surface area contributed by atoms with Crippen molar-refractivity contribution in [3.05, 3.63) is 11.3 Å². The van der Waals surface area contributed by atoms with E-state index in [1.807, 2.05) is 14.0 Å². The smallest absolute Gasteiger partial charge is 0.216 e. The Hall–Kier alpha value is -1.07. The predicted molar refractivity (Wildman–Crippen MR) is 67.1 cm³/mol. The van der Waals surface area contributed by atoms with Crippen LogP contribution in [0.25, 0.3) is 0 Å². The summed E-state index contributed by atoms with van der Waals surface area (Å²) in [7, 11) is 3.60. The number of aryl methyl sites for hydroxylation is 2. The number of likely N-dealkylation sites (tertiary alicyclic amines) is 1. The highest BCUT2D eigenvalue weighted by Gasteiger charge is 2.36. The fourth-order valence-corrected chi connectivity index (χ4v) is 2.87. The largest absolute Gasteiger partial charge is 0.481 e. The molecule has 0 amide bonds. The number of nitrogens with zero attached hydrogens (tertiary/aromatic N) is 3. The van der Waals surface area contributed by atoms with Crippen LogP contribution < -0.4 is 10.5 Å². The quantitative estimate of drug-likeness (QED) is 0.847. The number of hydrogen-bond acceptors (Lipinski definition) is 4. The van der Waals surface area contributed by atoms with E-state index in [2.05, 4.69) is 16.9 Å². The lowest BCUT2D eigenvalue weighted by atomic mass is 10.0. The van der Waals surface area contributed by atoms with Crippen molar-refractivity contribution in [1.29, 1.82) is 0 Å². The SMILES string of the molecule is CCN1CCC(N)C1c1c(C)nn(C)c1OC. The predicted octanol–water partition coefficient (Wildman–Crippen LogP) is 0.831. The van der Waals surface area contributed by atoms with Crippen molar-refractivity contribution in [1.82, 2.24) is 14.7 Å². The van der Waals surface area contributed by atoms with Crippen molar-refractivity contribution >= 4 is 0 Å². The average molecular weight is 238 g/mol. The molecule has 1 aliphatic heterocycles. The summed E-state index contributed by atoms with van der Waals surface area (Å²) in [6.07, 6.45) is 1.04. The first-order chi connectivity index (χ1) is 8.10. The summed E-state index contributed by atoms with van der Waals surface area (Å²) >= 11 is 0. The van der Waals surface area contributed by atoms with Gasteiger partial charge >= 0.3 is 0 Å². The highest BCUT2D eigenvalue weighted by Crippen LogP contribution is 2.37. The molecule has 5 heteroatoms. The lowest BCUT2D eigenvalue weighted by Gasteiger charge is -2.25. The van der Waals surface area contributed by atoms with Gasteiger partial charge in [-0.15, -0.1) is 0 Å². The molecule has 0 spiro atoms. The van der Waals surface area contributed by atoms with Crippen molar-refractivity contribution in [3.63, 3.8) is 0 Å². The fourth-order valence-electron chi connectivity index (χ4n) is 2.87. The minimum absolute atomic E-state index is 0.173. The third-order valence-corrected chi connectivity index (χ3v) is 3.66. The van der Waals surface area contributed by atoms with Gasteiger partial charge in [-0.3, -0.25) is 4.90 Å². The van der Waals surface area contributed by atoms with Crippen LogP contribution in [0.1, 0.15) is 30.6 Å². The van der Waals surface area contributed by atoms with E-state index in [1.165, 1.54) is 0 Å². The average Bonchev–Trinajstić information content (AvgIpc) is 2.78. The van der Waals surface area contributed by atoms with Crippen molar-refractivity contribution in [2.45, 2.75) is 32.4 Å². The molecular formula is C12H22N4O. The molecule has 0 aromatic carbocycles. The second-order valence-electron chi connectivity index (χ2n) is 4.66. The molecule has 2 N–H and O–H groups in total. The van der Waals surface area contributed by atoms with Crippen molar-refractivity contribution in [2.24, 2.45) is 12.8 Å².